The van der Waals surface area contributed by atoms with E-state index in [1.165, 1.54) is 0 Å². The minimum Gasteiger partial charge on any atom is -0.326 e. The third kappa shape index (κ3) is 4.06. The van der Waals surface area contributed by atoms with Crippen LogP contribution in [0, 0.1) is 12.8 Å². The molecule has 0 radical (unpaired) electrons. The third-order valence-corrected chi connectivity index (χ3v) is 3.70. The lowest BCUT2D eigenvalue weighted by atomic mass is 10.1. The summed E-state index contributed by atoms with van der Waals surface area (Å²) < 4.78 is 0. The molecule has 4 heteroatoms. The van der Waals surface area contributed by atoms with Crippen LogP contribution in [-0.4, -0.2) is 18.4 Å². The highest BCUT2D eigenvalue weighted by molar-refractivity contribution is 5.96. The van der Waals surface area contributed by atoms with Crippen molar-refractivity contribution in [1.82, 2.24) is 0 Å². The number of benzene rings is 1. The van der Waals surface area contributed by atoms with Crippen LogP contribution < -0.4 is 10.2 Å². The molecule has 114 valence electrons. The van der Waals surface area contributed by atoms with E-state index in [1.54, 1.807) is 0 Å². The molecule has 1 aliphatic rings. The first-order valence-corrected chi connectivity index (χ1v) is 7.68. The van der Waals surface area contributed by atoms with Crippen molar-refractivity contribution in [1.29, 1.82) is 0 Å². The van der Waals surface area contributed by atoms with Crippen LogP contribution in [0.2, 0.25) is 0 Å². The Balaban J connectivity index is 2.17. The highest BCUT2D eigenvalue weighted by Gasteiger charge is 2.21. The van der Waals surface area contributed by atoms with Gasteiger partial charge in [0.25, 0.3) is 0 Å². The molecule has 1 aliphatic heterocycles. The Morgan fingerprint density at radius 1 is 1.33 bits per heavy atom. The largest absolute Gasteiger partial charge is 0.326 e. The smallest absolute Gasteiger partial charge is 0.226 e. The van der Waals surface area contributed by atoms with Gasteiger partial charge in [-0.25, -0.2) is 0 Å². The van der Waals surface area contributed by atoms with Crippen LogP contribution >= 0.6 is 0 Å². The lowest BCUT2D eigenvalue weighted by Gasteiger charge is -2.28. The summed E-state index contributed by atoms with van der Waals surface area (Å²) in [6, 6.07) is 5.77. The quantitative estimate of drug-likeness (QED) is 0.922. The van der Waals surface area contributed by atoms with Gasteiger partial charge in [-0.05, 0) is 43.4 Å². The van der Waals surface area contributed by atoms with Crippen molar-refractivity contribution in [3.63, 3.8) is 0 Å². The molecule has 0 aromatic heterocycles. The molecule has 2 amide bonds. The molecule has 1 saturated heterocycles. The van der Waals surface area contributed by atoms with Gasteiger partial charge in [-0.1, -0.05) is 19.9 Å². The highest BCUT2D eigenvalue weighted by atomic mass is 16.2. The Labute approximate surface area is 126 Å². The molecule has 2 rings (SSSR count). The van der Waals surface area contributed by atoms with Crippen molar-refractivity contribution in [2.45, 2.75) is 46.5 Å². The van der Waals surface area contributed by atoms with Gasteiger partial charge in [0, 0.05) is 30.8 Å². The molecule has 1 fully saturated rings. The van der Waals surface area contributed by atoms with Gasteiger partial charge >= 0.3 is 0 Å². The Morgan fingerprint density at radius 3 is 2.76 bits per heavy atom. The van der Waals surface area contributed by atoms with E-state index in [-0.39, 0.29) is 11.8 Å². The molecule has 0 unspecified atom stereocenters. The first-order valence-electron chi connectivity index (χ1n) is 7.68. The van der Waals surface area contributed by atoms with Crippen molar-refractivity contribution in [3.05, 3.63) is 23.8 Å². The van der Waals surface area contributed by atoms with Gasteiger partial charge in [0.1, 0.15) is 0 Å². The number of nitrogens with one attached hydrogen (secondary N) is 1. The van der Waals surface area contributed by atoms with Crippen LogP contribution in [0.15, 0.2) is 18.2 Å². The zero-order chi connectivity index (χ0) is 15.4. The fourth-order valence-electron chi connectivity index (χ4n) is 2.62. The van der Waals surface area contributed by atoms with E-state index in [0.29, 0.717) is 18.8 Å². The van der Waals surface area contributed by atoms with E-state index in [9.17, 15) is 9.59 Å². The number of hydrogen-bond donors (Lipinski definition) is 1. The Bertz CT molecular complexity index is 538. The second kappa shape index (κ2) is 6.74. The van der Waals surface area contributed by atoms with Crippen molar-refractivity contribution in [3.8, 4) is 0 Å². The maximum absolute atomic E-state index is 12.1. The van der Waals surface area contributed by atoms with Crippen LogP contribution in [0.3, 0.4) is 0 Å². The lowest BCUT2D eigenvalue weighted by Crippen LogP contribution is -2.35. The van der Waals surface area contributed by atoms with Gasteiger partial charge in [0.15, 0.2) is 0 Å². The highest BCUT2D eigenvalue weighted by Crippen LogP contribution is 2.27. The molecule has 1 aromatic carbocycles. The first kappa shape index (κ1) is 15.5. The molecular weight excluding hydrogens is 264 g/mol. The first-order chi connectivity index (χ1) is 9.97. The molecule has 1 N–H and O–H groups in total. The van der Waals surface area contributed by atoms with E-state index in [0.717, 1.165) is 36.3 Å². The molecule has 0 aliphatic carbocycles. The van der Waals surface area contributed by atoms with Gasteiger partial charge in [0.2, 0.25) is 11.8 Å². The average Bonchev–Trinajstić information content (AvgIpc) is 2.41. The minimum atomic E-state index is 0.0183. The fraction of sp³-hybridized carbons (Fsp3) is 0.529. The van der Waals surface area contributed by atoms with Crippen LogP contribution in [0.1, 0.15) is 45.1 Å². The number of amides is 2. The van der Waals surface area contributed by atoms with E-state index in [1.807, 2.05) is 43.9 Å². The van der Waals surface area contributed by atoms with Crippen molar-refractivity contribution < 1.29 is 9.59 Å². The van der Waals surface area contributed by atoms with Gasteiger partial charge < -0.3 is 10.2 Å². The van der Waals surface area contributed by atoms with Crippen molar-refractivity contribution in [2.24, 2.45) is 5.92 Å². The van der Waals surface area contributed by atoms with Crippen LogP contribution in [0.4, 0.5) is 11.4 Å². The molecule has 21 heavy (non-hydrogen) atoms. The molecular formula is C17H24N2O2. The van der Waals surface area contributed by atoms with Gasteiger partial charge in [-0.15, -0.1) is 0 Å². The third-order valence-electron chi connectivity index (χ3n) is 3.70. The molecule has 4 nitrogen and oxygen atoms in total. The SMILES string of the molecule is Cc1ccc(NC(=O)CC(C)C)cc1N1CCCCC1=O. The molecule has 1 aromatic rings. The number of nitrogens with zero attached hydrogens (tertiary/aromatic N) is 1. The number of hydrogen-bond acceptors (Lipinski definition) is 2. The maximum atomic E-state index is 12.1. The Hall–Kier alpha value is -1.84. The second-order valence-corrected chi connectivity index (χ2v) is 6.15. The molecule has 1 heterocycles. The van der Waals surface area contributed by atoms with E-state index in [4.69, 9.17) is 0 Å². The maximum Gasteiger partial charge on any atom is 0.226 e. The van der Waals surface area contributed by atoms with Gasteiger partial charge in [0.05, 0.1) is 0 Å². The molecule has 0 atom stereocenters. The standard InChI is InChI=1S/C17H24N2O2/c1-12(2)10-16(20)18-14-8-7-13(3)15(11-14)19-9-5-4-6-17(19)21/h7-8,11-12H,4-6,9-10H2,1-3H3,(H,18,20). The number of carbonyl (C=O) groups is 2. The summed E-state index contributed by atoms with van der Waals surface area (Å²) in [6.45, 7) is 6.80. The summed E-state index contributed by atoms with van der Waals surface area (Å²) >= 11 is 0. The van der Waals surface area contributed by atoms with Crippen LogP contribution in [0.5, 0.6) is 0 Å². The lowest BCUT2D eigenvalue weighted by molar-refractivity contribution is -0.119. The van der Waals surface area contributed by atoms with E-state index < -0.39 is 0 Å². The summed E-state index contributed by atoms with van der Waals surface area (Å²) in [5, 5.41) is 2.92. The molecule has 0 spiro atoms. The number of anilines is 2. The monoisotopic (exact) mass is 288 g/mol. The predicted octanol–water partition coefficient (Wildman–Crippen LogP) is 3.50. The molecule has 0 bridgehead atoms. The Kier molecular flexibility index (Phi) is 4.99. The van der Waals surface area contributed by atoms with E-state index >= 15 is 0 Å². The van der Waals surface area contributed by atoms with Crippen molar-refractivity contribution in [2.75, 3.05) is 16.8 Å². The van der Waals surface area contributed by atoms with Gasteiger partial charge in [-0.3, -0.25) is 9.59 Å². The summed E-state index contributed by atoms with van der Waals surface area (Å²) in [4.78, 5) is 25.8. The predicted molar refractivity (Wildman–Crippen MR) is 85.5 cm³/mol. The summed E-state index contributed by atoms with van der Waals surface area (Å²) in [6.07, 6.45) is 3.13. The summed E-state index contributed by atoms with van der Waals surface area (Å²) in [5.41, 5.74) is 2.74. The zero-order valence-corrected chi connectivity index (χ0v) is 13.1. The second-order valence-electron chi connectivity index (χ2n) is 6.15. The van der Waals surface area contributed by atoms with E-state index in [2.05, 4.69) is 5.32 Å². The number of carbonyl (C=O) groups excluding carboxylic acids is 2. The topological polar surface area (TPSA) is 49.4 Å². The number of aryl methyl sites for hydroxylation is 1. The summed E-state index contributed by atoms with van der Waals surface area (Å²) in [7, 11) is 0. The van der Waals surface area contributed by atoms with Crippen LogP contribution in [0.25, 0.3) is 0 Å². The van der Waals surface area contributed by atoms with Crippen molar-refractivity contribution >= 4 is 23.2 Å². The van der Waals surface area contributed by atoms with Crippen LogP contribution in [-0.2, 0) is 9.59 Å². The number of piperidine rings is 1. The zero-order valence-electron chi connectivity index (χ0n) is 13.1. The number of rotatable bonds is 4. The average molecular weight is 288 g/mol. The normalized spacial score (nSPS) is 15.4. The minimum absolute atomic E-state index is 0.0183. The van der Waals surface area contributed by atoms with Gasteiger partial charge in [-0.2, -0.15) is 0 Å². The molecule has 0 saturated carbocycles. The Morgan fingerprint density at radius 2 is 2.10 bits per heavy atom. The fourth-order valence-corrected chi connectivity index (χ4v) is 2.62. The summed E-state index contributed by atoms with van der Waals surface area (Å²) in [5.74, 6) is 0.526.